The number of carbonyl (C=O) groups is 1. The summed E-state index contributed by atoms with van der Waals surface area (Å²) in [6.07, 6.45) is 1.63. The molecule has 2 heterocycles. The maximum atomic E-state index is 12.1. The largest absolute Gasteiger partial charge is 0.469 e. The Kier molecular flexibility index (Phi) is 3.94. The Morgan fingerprint density at radius 2 is 2.25 bits per heavy atom. The van der Waals surface area contributed by atoms with E-state index >= 15 is 0 Å². The van der Waals surface area contributed by atoms with Crippen molar-refractivity contribution in [3.8, 4) is 5.88 Å². The van der Waals surface area contributed by atoms with Crippen molar-refractivity contribution in [1.29, 1.82) is 0 Å². The highest BCUT2D eigenvalue weighted by Crippen LogP contribution is 2.29. The van der Waals surface area contributed by atoms with E-state index in [1.807, 2.05) is 26.8 Å². The van der Waals surface area contributed by atoms with E-state index in [1.54, 1.807) is 13.1 Å². The zero-order valence-corrected chi connectivity index (χ0v) is 12.8. The van der Waals surface area contributed by atoms with Crippen LogP contribution < -0.4 is 10.1 Å². The van der Waals surface area contributed by atoms with Gasteiger partial charge in [0.15, 0.2) is 0 Å². The molecule has 1 aromatic rings. The number of esters is 1. The average molecular weight is 294 g/mol. The van der Waals surface area contributed by atoms with Crippen molar-refractivity contribution < 1.29 is 14.3 Å². The van der Waals surface area contributed by atoms with Crippen LogP contribution in [0.3, 0.4) is 0 Å². The molecule has 0 aromatic carbocycles. The van der Waals surface area contributed by atoms with Crippen LogP contribution in [0, 0.1) is 0 Å². The molecule has 0 bridgehead atoms. The van der Waals surface area contributed by atoms with Gasteiger partial charge in [0, 0.05) is 6.20 Å². The molecule has 1 aromatic heterocycles. The van der Waals surface area contributed by atoms with Gasteiger partial charge in [-0.25, -0.2) is 4.98 Å². The number of nitrogens with zero attached hydrogens (tertiary/aromatic N) is 1. The van der Waals surface area contributed by atoms with E-state index in [1.165, 1.54) is 0 Å². The van der Waals surface area contributed by atoms with E-state index in [0.717, 1.165) is 5.56 Å². The summed E-state index contributed by atoms with van der Waals surface area (Å²) in [5, 5.41) is 3.03. The van der Waals surface area contributed by atoms with Gasteiger partial charge in [-0.1, -0.05) is 12.2 Å². The number of nitrogens with one attached hydrogen (secondary N) is 1. The number of thiocarbonyl (C=S) groups is 1. The number of aromatic nitrogens is 1. The van der Waals surface area contributed by atoms with E-state index in [9.17, 15) is 4.79 Å². The van der Waals surface area contributed by atoms with Crippen LogP contribution in [-0.4, -0.2) is 28.1 Å². The zero-order chi connectivity index (χ0) is 14.9. The summed E-state index contributed by atoms with van der Waals surface area (Å²) < 4.78 is 10.8. The van der Waals surface area contributed by atoms with E-state index in [0.29, 0.717) is 23.2 Å². The van der Waals surface area contributed by atoms with Gasteiger partial charge in [0.1, 0.15) is 22.9 Å². The molecule has 6 heteroatoms. The number of hydrogen-bond donors (Lipinski definition) is 1. The Balaban J connectivity index is 2.19. The molecule has 0 saturated heterocycles. The van der Waals surface area contributed by atoms with E-state index in [4.69, 9.17) is 21.7 Å². The van der Waals surface area contributed by atoms with Gasteiger partial charge < -0.3 is 14.8 Å². The molecule has 0 spiro atoms. The number of hydrogen-bond acceptors (Lipinski definition) is 5. The van der Waals surface area contributed by atoms with E-state index in [2.05, 4.69) is 10.3 Å². The second-order valence-corrected chi connectivity index (χ2v) is 6.21. The lowest BCUT2D eigenvalue weighted by Crippen LogP contribution is -2.27. The van der Waals surface area contributed by atoms with Crippen LogP contribution in [-0.2, 0) is 9.53 Å². The van der Waals surface area contributed by atoms with Gasteiger partial charge >= 0.3 is 5.97 Å². The molecule has 20 heavy (non-hydrogen) atoms. The maximum Gasteiger partial charge on any atom is 0.313 e. The van der Waals surface area contributed by atoms with Crippen molar-refractivity contribution in [1.82, 2.24) is 4.98 Å². The van der Waals surface area contributed by atoms with Gasteiger partial charge in [0.25, 0.3) is 0 Å². The molecule has 1 N–H and O–H groups in total. The number of fused-ring (bicyclic) bond motifs is 1. The van der Waals surface area contributed by atoms with Crippen LogP contribution in [0.4, 0.5) is 5.69 Å². The maximum absolute atomic E-state index is 12.1. The number of rotatable bonds is 2. The molecule has 0 saturated carbocycles. The van der Waals surface area contributed by atoms with E-state index < -0.39 is 11.5 Å². The SMILES string of the molecule is C[C@H](C(=O)OC(C)(C)C)c1cnc2c(c1)NC(=S)CO2. The standard InChI is InChI=1S/C14H18N2O3S/c1-8(13(17)19-14(2,3)4)9-5-10-12(15-6-9)18-7-11(20)16-10/h5-6,8H,7H2,1-4H3,(H,16,20)/t8-/m0/s1. The first-order valence-corrected chi connectivity index (χ1v) is 6.82. The monoisotopic (exact) mass is 294 g/mol. The number of anilines is 1. The number of carbonyl (C=O) groups excluding carboxylic acids is 1. The summed E-state index contributed by atoms with van der Waals surface area (Å²) in [6.45, 7) is 7.65. The minimum absolute atomic E-state index is 0.279. The number of ether oxygens (including phenoxy) is 2. The molecule has 1 aliphatic heterocycles. The van der Waals surface area contributed by atoms with Gasteiger partial charge in [-0.3, -0.25) is 4.79 Å². The Morgan fingerprint density at radius 1 is 1.55 bits per heavy atom. The first kappa shape index (κ1) is 14.7. The molecular weight excluding hydrogens is 276 g/mol. The van der Waals surface area contributed by atoms with Crippen molar-refractivity contribution in [3.05, 3.63) is 17.8 Å². The van der Waals surface area contributed by atoms with Crippen molar-refractivity contribution in [2.45, 2.75) is 39.2 Å². The molecule has 2 rings (SSSR count). The van der Waals surface area contributed by atoms with Crippen molar-refractivity contribution >= 4 is 28.9 Å². The Hall–Kier alpha value is -1.69. The minimum atomic E-state index is -0.504. The predicted octanol–water partition coefficient (Wildman–Crippen LogP) is 2.66. The van der Waals surface area contributed by atoms with Gasteiger partial charge in [-0.05, 0) is 39.3 Å². The molecule has 0 radical (unpaired) electrons. The zero-order valence-electron chi connectivity index (χ0n) is 12.0. The van der Waals surface area contributed by atoms with Crippen LogP contribution in [0.25, 0.3) is 0 Å². The molecule has 0 amide bonds. The molecule has 0 aliphatic carbocycles. The summed E-state index contributed by atoms with van der Waals surface area (Å²) in [5.41, 5.74) is 0.948. The van der Waals surface area contributed by atoms with Crippen LogP contribution in [0.2, 0.25) is 0 Å². The molecule has 5 nitrogen and oxygen atoms in total. The first-order chi connectivity index (χ1) is 9.26. The second kappa shape index (κ2) is 5.36. The first-order valence-electron chi connectivity index (χ1n) is 6.42. The molecule has 1 atom stereocenters. The molecule has 0 fully saturated rings. The lowest BCUT2D eigenvalue weighted by atomic mass is 10.0. The fourth-order valence-electron chi connectivity index (χ4n) is 1.76. The highest BCUT2D eigenvalue weighted by atomic mass is 32.1. The van der Waals surface area contributed by atoms with Crippen molar-refractivity contribution in [2.24, 2.45) is 0 Å². The fraction of sp³-hybridized carbons (Fsp3) is 0.500. The van der Waals surface area contributed by atoms with Crippen LogP contribution in [0.15, 0.2) is 12.3 Å². The minimum Gasteiger partial charge on any atom is -0.469 e. The second-order valence-electron chi connectivity index (χ2n) is 5.71. The Morgan fingerprint density at radius 3 is 2.90 bits per heavy atom. The van der Waals surface area contributed by atoms with Gasteiger partial charge in [0.2, 0.25) is 5.88 Å². The van der Waals surface area contributed by atoms with Gasteiger partial charge in [-0.15, -0.1) is 0 Å². The molecule has 1 aliphatic rings. The van der Waals surface area contributed by atoms with Crippen molar-refractivity contribution in [3.63, 3.8) is 0 Å². The lowest BCUT2D eigenvalue weighted by Gasteiger charge is -2.23. The number of pyridine rings is 1. The van der Waals surface area contributed by atoms with Crippen LogP contribution in [0.5, 0.6) is 5.88 Å². The third kappa shape index (κ3) is 3.45. The molecule has 0 unspecified atom stereocenters. The summed E-state index contributed by atoms with van der Waals surface area (Å²) >= 11 is 5.06. The third-order valence-electron chi connectivity index (χ3n) is 2.75. The Bertz CT molecular complexity index is 552. The topological polar surface area (TPSA) is 60.5 Å². The lowest BCUT2D eigenvalue weighted by molar-refractivity contribution is -0.156. The normalized spacial score (nSPS) is 15.7. The van der Waals surface area contributed by atoms with Gasteiger partial charge in [-0.2, -0.15) is 0 Å². The third-order valence-corrected chi connectivity index (χ3v) is 2.97. The summed E-state index contributed by atoms with van der Waals surface area (Å²) in [7, 11) is 0. The average Bonchev–Trinajstić information content (AvgIpc) is 2.34. The van der Waals surface area contributed by atoms with E-state index in [-0.39, 0.29) is 5.97 Å². The quantitative estimate of drug-likeness (QED) is 0.668. The smallest absolute Gasteiger partial charge is 0.313 e. The Labute approximate surface area is 123 Å². The summed E-state index contributed by atoms with van der Waals surface area (Å²) in [5.74, 6) is -0.179. The highest BCUT2D eigenvalue weighted by Gasteiger charge is 2.25. The van der Waals surface area contributed by atoms with Crippen LogP contribution >= 0.6 is 12.2 Å². The molecule has 108 valence electrons. The predicted molar refractivity (Wildman–Crippen MR) is 80.2 cm³/mol. The summed E-state index contributed by atoms with van der Waals surface area (Å²) in [4.78, 5) is 16.9. The van der Waals surface area contributed by atoms with Gasteiger partial charge in [0.05, 0.1) is 5.92 Å². The highest BCUT2D eigenvalue weighted by molar-refractivity contribution is 7.80. The molecular formula is C14H18N2O3S. The summed E-state index contributed by atoms with van der Waals surface area (Å²) in [6, 6.07) is 1.82. The van der Waals surface area contributed by atoms with Crippen LogP contribution in [0.1, 0.15) is 39.2 Å². The fourth-order valence-corrected chi connectivity index (χ4v) is 1.93. The van der Waals surface area contributed by atoms with Crippen molar-refractivity contribution in [2.75, 3.05) is 11.9 Å².